The van der Waals surface area contributed by atoms with Gasteiger partial charge in [0, 0.05) is 34.9 Å². The van der Waals surface area contributed by atoms with Crippen LogP contribution in [-0.4, -0.2) is 9.97 Å². The zero-order valence-corrected chi connectivity index (χ0v) is 11.3. The Hall–Kier alpha value is -1.45. The summed E-state index contributed by atoms with van der Waals surface area (Å²) < 4.78 is 0. The normalized spacial score (nSPS) is 12.4. The van der Waals surface area contributed by atoms with Crippen LogP contribution in [0.15, 0.2) is 30.5 Å². The molecule has 2 rings (SSSR count). The SMILES string of the molecule is Cc1nc(Cc2ccccc2Cl)ncc1[C@@H](C)N. The average molecular weight is 262 g/mol. The Kier molecular flexibility index (Phi) is 3.94. The molecule has 1 aromatic heterocycles. The number of aryl methyl sites for hydroxylation is 1. The summed E-state index contributed by atoms with van der Waals surface area (Å²) in [5.41, 5.74) is 8.79. The third kappa shape index (κ3) is 2.86. The second kappa shape index (κ2) is 5.46. The Morgan fingerprint density at radius 3 is 2.67 bits per heavy atom. The quantitative estimate of drug-likeness (QED) is 0.924. The molecule has 0 aliphatic carbocycles. The second-order valence-corrected chi connectivity index (χ2v) is 4.79. The maximum absolute atomic E-state index is 6.12. The molecular weight excluding hydrogens is 246 g/mol. The highest BCUT2D eigenvalue weighted by atomic mass is 35.5. The number of nitrogens with two attached hydrogens (primary N) is 1. The van der Waals surface area contributed by atoms with Gasteiger partial charge in [-0.3, -0.25) is 0 Å². The number of nitrogens with zero attached hydrogens (tertiary/aromatic N) is 2. The molecule has 0 aliphatic heterocycles. The summed E-state index contributed by atoms with van der Waals surface area (Å²) >= 11 is 6.12. The van der Waals surface area contributed by atoms with Gasteiger partial charge in [0.15, 0.2) is 0 Å². The molecule has 18 heavy (non-hydrogen) atoms. The van der Waals surface area contributed by atoms with Crippen molar-refractivity contribution in [2.24, 2.45) is 5.73 Å². The van der Waals surface area contributed by atoms with Crippen LogP contribution in [0.3, 0.4) is 0 Å². The van der Waals surface area contributed by atoms with Gasteiger partial charge in [-0.1, -0.05) is 29.8 Å². The Bertz CT molecular complexity index is 552. The molecule has 1 heterocycles. The molecule has 0 saturated carbocycles. The van der Waals surface area contributed by atoms with Gasteiger partial charge in [-0.2, -0.15) is 0 Å². The van der Waals surface area contributed by atoms with Gasteiger partial charge in [0.25, 0.3) is 0 Å². The Morgan fingerprint density at radius 2 is 2.06 bits per heavy atom. The van der Waals surface area contributed by atoms with Crippen molar-refractivity contribution < 1.29 is 0 Å². The van der Waals surface area contributed by atoms with E-state index in [1.54, 1.807) is 6.20 Å². The van der Waals surface area contributed by atoms with Crippen LogP contribution < -0.4 is 5.73 Å². The minimum absolute atomic E-state index is 0.0423. The zero-order chi connectivity index (χ0) is 13.1. The summed E-state index contributed by atoms with van der Waals surface area (Å²) in [6.45, 7) is 3.88. The lowest BCUT2D eigenvalue weighted by molar-refractivity contribution is 0.777. The van der Waals surface area contributed by atoms with Gasteiger partial charge in [-0.15, -0.1) is 0 Å². The zero-order valence-electron chi connectivity index (χ0n) is 10.5. The summed E-state index contributed by atoms with van der Waals surface area (Å²) in [5.74, 6) is 0.769. The number of rotatable bonds is 3. The fourth-order valence-electron chi connectivity index (χ4n) is 1.87. The molecule has 4 heteroatoms. The summed E-state index contributed by atoms with van der Waals surface area (Å²) in [6.07, 6.45) is 2.44. The number of aromatic nitrogens is 2. The first-order valence-electron chi connectivity index (χ1n) is 5.89. The fraction of sp³-hybridized carbons (Fsp3) is 0.286. The molecule has 2 aromatic rings. The lowest BCUT2D eigenvalue weighted by Crippen LogP contribution is -2.10. The van der Waals surface area contributed by atoms with Gasteiger partial charge in [0.2, 0.25) is 0 Å². The van der Waals surface area contributed by atoms with Gasteiger partial charge in [0.05, 0.1) is 0 Å². The van der Waals surface area contributed by atoms with E-state index in [9.17, 15) is 0 Å². The van der Waals surface area contributed by atoms with E-state index >= 15 is 0 Å². The monoisotopic (exact) mass is 261 g/mol. The van der Waals surface area contributed by atoms with Crippen molar-refractivity contribution in [3.63, 3.8) is 0 Å². The van der Waals surface area contributed by atoms with Crippen molar-refractivity contribution in [2.45, 2.75) is 26.3 Å². The lowest BCUT2D eigenvalue weighted by atomic mass is 10.1. The van der Waals surface area contributed by atoms with Crippen molar-refractivity contribution in [3.8, 4) is 0 Å². The molecule has 0 bridgehead atoms. The largest absolute Gasteiger partial charge is 0.324 e. The molecule has 94 valence electrons. The van der Waals surface area contributed by atoms with Gasteiger partial charge in [-0.25, -0.2) is 9.97 Å². The van der Waals surface area contributed by atoms with Crippen LogP contribution in [0.25, 0.3) is 0 Å². The standard InChI is InChI=1S/C14H16ClN3/c1-9(16)12-8-17-14(18-10(12)2)7-11-5-3-4-6-13(11)15/h3-6,8-9H,7,16H2,1-2H3/t9-/m1/s1. The van der Waals surface area contributed by atoms with Crippen molar-refractivity contribution >= 4 is 11.6 Å². The Morgan fingerprint density at radius 1 is 1.33 bits per heavy atom. The van der Waals surface area contributed by atoms with Crippen LogP contribution in [0.2, 0.25) is 5.02 Å². The molecule has 0 fully saturated rings. The fourth-order valence-corrected chi connectivity index (χ4v) is 2.07. The predicted molar refractivity (Wildman–Crippen MR) is 73.6 cm³/mol. The minimum Gasteiger partial charge on any atom is -0.324 e. The van der Waals surface area contributed by atoms with Crippen molar-refractivity contribution in [2.75, 3.05) is 0 Å². The van der Waals surface area contributed by atoms with Gasteiger partial charge in [0.1, 0.15) is 5.82 Å². The first kappa shape index (κ1) is 13.0. The molecule has 3 nitrogen and oxygen atoms in total. The molecule has 0 radical (unpaired) electrons. The van der Waals surface area contributed by atoms with E-state index in [2.05, 4.69) is 9.97 Å². The van der Waals surface area contributed by atoms with E-state index in [0.29, 0.717) is 6.42 Å². The smallest absolute Gasteiger partial charge is 0.132 e. The summed E-state index contributed by atoms with van der Waals surface area (Å²) in [5, 5.41) is 0.745. The van der Waals surface area contributed by atoms with Crippen molar-refractivity contribution in [3.05, 3.63) is 58.1 Å². The highest BCUT2D eigenvalue weighted by Gasteiger charge is 2.08. The summed E-state index contributed by atoms with van der Waals surface area (Å²) in [6, 6.07) is 7.70. The molecule has 0 unspecified atom stereocenters. The lowest BCUT2D eigenvalue weighted by Gasteiger charge is -2.10. The molecule has 1 atom stereocenters. The van der Waals surface area contributed by atoms with Gasteiger partial charge in [-0.05, 0) is 25.5 Å². The van der Waals surface area contributed by atoms with E-state index < -0.39 is 0 Å². The molecule has 2 N–H and O–H groups in total. The number of hydrogen-bond acceptors (Lipinski definition) is 3. The summed E-state index contributed by atoms with van der Waals surface area (Å²) in [7, 11) is 0. The minimum atomic E-state index is -0.0423. The average Bonchev–Trinajstić information content (AvgIpc) is 2.32. The maximum atomic E-state index is 6.12. The number of hydrogen-bond donors (Lipinski definition) is 1. The van der Waals surface area contributed by atoms with E-state index in [-0.39, 0.29) is 6.04 Å². The third-order valence-electron chi connectivity index (χ3n) is 2.86. The molecule has 0 spiro atoms. The molecule has 0 amide bonds. The van der Waals surface area contributed by atoms with E-state index in [4.69, 9.17) is 17.3 Å². The van der Waals surface area contributed by atoms with Gasteiger partial charge < -0.3 is 5.73 Å². The third-order valence-corrected chi connectivity index (χ3v) is 3.23. The highest BCUT2D eigenvalue weighted by molar-refractivity contribution is 6.31. The number of benzene rings is 1. The van der Waals surface area contributed by atoms with E-state index in [0.717, 1.165) is 27.7 Å². The van der Waals surface area contributed by atoms with Crippen LogP contribution >= 0.6 is 11.6 Å². The number of halogens is 1. The van der Waals surface area contributed by atoms with Crippen molar-refractivity contribution in [1.82, 2.24) is 9.97 Å². The molecule has 1 aromatic carbocycles. The van der Waals surface area contributed by atoms with Crippen molar-refractivity contribution in [1.29, 1.82) is 0 Å². The van der Waals surface area contributed by atoms with Crippen LogP contribution in [0.1, 0.15) is 35.6 Å². The molecule has 0 aliphatic rings. The van der Waals surface area contributed by atoms with E-state index in [1.807, 2.05) is 38.1 Å². The van der Waals surface area contributed by atoms with Crippen LogP contribution in [-0.2, 0) is 6.42 Å². The van der Waals surface area contributed by atoms with Gasteiger partial charge >= 0.3 is 0 Å². The second-order valence-electron chi connectivity index (χ2n) is 4.38. The predicted octanol–water partition coefficient (Wildman–Crippen LogP) is 3.05. The Labute approximate surface area is 112 Å². The first-order chi connectivity index (χ1) is 8.58. The highest BCUT2D eigenvalue weighted by Crippen LogP contribution is 2.18. The van der Waals surface area contributed by atoms with Crippen LogP contribution in [0.5, 0.6) is 0 Å². The maximum Gasteiger partial charge on any atom is 0.132 e. The van der Waals surface area contributed by atoms with Crippen LogP contribution in [0.4, 0.5) is 0 Å². The molecular formula is C14H16ClN3. The molecule has 0 saturated heterocycles. The first-order valence-corrected chi connectivity index (χ1v) is 6.27. The van der Waals surface area contributed by atoms with E-state index in [1.165, 1.54) is 0 Å². The van der Waals surface area contributed by atoms with Crippen LogP contribution in [0, 0.1) is 6.92 Å². The topological polar surface area (TPSA) is 51.8 Å². The summed E-state index contributed by atoms with van der Waals surface area (Å²) in [4.78, 5) is 8.83. The Balaban J connectivity index is 2.26.